The molecular formula is C24H17ClN4OS. The zero-order chi connectivity index (χ0) is 21.6. The molecule has 1 unspecified atom stereocenters. The number of aromatic nitrogens is 2. The number of amides is 1. The van der Waals surface area contributed by atoms with E-state index in [-0.39, 0.29) is 12.3 Å². The van der Waals surface area contributed by atoms with Crippen molar-refractivity contribution in [3.63, 3.8) is 0 Å². The van der Waals surface area contributed by atoms with Crippen molar-refractivity contribution >= 4 is 34.5 Å². The number of nitrogens with zero attached hydrogens (tertiary/aromatic N) is 3. The fourth-order valence-corrected chi connectivity index (χ4v) is 4.26. The topological polar surface area (TPSA) is 78.7 Å². The molecule has 2 aromatic carbocycles. The number of hydrogen-bond donors (Lipinski definition) is 1. The Kier molecular flexibility index (Phi) is 6.37. The molecule has 4 rings (SSSR count). The van der Waals surface area contributed by atoms with Crippen molar-refractivity contribution in [1.82, 2.24) is 9.97 Å². The minimum atomic E-state index is -0.474. The number of nitriles is 1. The lowest BCUT2D eigenvalue weighted by molar-refractivity contribution is -0.115. The third kappa shape index (κ3) is 4.97. The van der Waals surface area contributed by atoms with Gasteiger partial charge in [0.05, 0.1) is 29.8 Å². The molecule has 0 aliphatic heterocycles. The lowest BCUT2D eigenvalue weighted by atomic mass is 9.92. The molecule has 0 saturated carbocycles. The van der Waals surface area contributed by atoms with Crippen LogP contribution in [0.5, 0.6) is 0 Å². The predicted molar refractivity (Wildman–Crippen MR) is 123 cm³/mol. The normalized spacial score (nSPS) is 11.5. The molecule has 0 bridgehead atoms. The highest BCUT2D eigenvalue weighted by Crippen LogP contribution is 2.32. The molecule has 31 heavy (non-hydrogen) atoms. The highest BCUT2D eigenvalue weighted by Gasteiger charge is 2.17. The van der Waals surface area contributed by atoms with E-state index in [0.717, 1.165) is 16.3 Å². The van der Waals surface area contributed by atoms with Gasteiger partial charge in [-0.3, -0.25) is 9.78 Å². The van der Waals surface area contributed by atoms with Gasteiger partial charge in [-0.2, -0.15) is 5.26 Å². The van der Waals surface area contributed by atoms with E-state index in [4.69, 9.17) is 11.6 Å². The molecule has 0 aliphatic rings. The summed E-state index contributed by atoms with van der Waals surface area (Å²) in [6.45, 7) is 0. The van der Waals surface area contributed by atoms with Crippen LogP contribution in [0.1, 0.15) is 22.7 Å². The van der Waals surface area contributed by atoms with Crippen LogP contribution in [0.25, 0.3) is 10.7 Å². The first-order valence-corrected chi connectivity index (χ1v) is 10.8. The van der Waals surface area contributed by atoms with Crippen LogP contribution < -0.4 is 5.32 Å². The molecule has 2 heterocycles. The monoisotopic (exact) mass is 444 g/mol. The molecular weight excluding hydrogens is 428 g/mol. The van der Waals surface area contributed by atoms with Crippen molar-refractivity contribution < 1.29 is 4.79 Å². The van der Waals surface area contributed by atoms with Crippen LogP contribution in [0, 0.1) is 11.3 Å². The van der Waals surface area contributed by atoms with Crippen molar-refractivity contribution in [2.24, 2.45) is 0 Å². The fourth-order valence-electron chi connectivity index (χ4n) is 3.17. The SMILES string of the molecule is N#CC(c1ccccc1)c1ccc(NC(=O)Cc2csc(-c3ccccn3)n2)cc1Cl. The summed E-state index contributed by atoms with van der Waals surface area (Å²) in [4.78, 5) is 21.3. The largest absolute Gasteiger partial charge is 0.326 e. The summed E-state index contributed by atoms with van der Waals surface area (Å²) < 4.78 is 0. The predicted octanol–water partition coefficient (Wildman–Crippen LogP) is 5.70. The minimum Gasteiger partial charge on any atom is -0.326 e. The van der Waals surface area contributed by atoms with Crippen LogP contribution in [0.15, 0.2) is 78.3 Å². The first-order chi connectivity index (χ1) is 15.1. The Balaban J connectivity index is 1.44. The van der Waals surface area contributed by atoms with Crippen molar-refractivity contribution in [2.45, 2.75) is 12.3 Å². The summed E-state index contributed by atoms with van der Waals surface area (Å²) in [5.74, 6) is -0.667. The van der Waals surface area contributed by atoms with Crippen LogP contribution in [0.2, 0.25) is 5.02 Å². The van der Waals surface area contributed by atoms with Gasteiger partial charge in [0, 0.05) is 22.3 Å². The van der Waals surface area contributed by atoms with Crippen molar-refractivity contribution in [2.75, 3.05) is 5.32 Å². The van der Waals surface area contributed by atoms with E-state index in [2.05, 4.69) is 21.4 Å². The van der Waals surface area contributed by atoms with Gasteiger partial charge >= 0.3 is 0 Å². The van der Waals surface area contributed by atoms with E-state index in [0.29, 0.717) is 22.0 Å². The van der Waals surface area contributed by atoms with E-state index in [1.165, 1.54) is 11.3 Å². The Hall–Kier alpha value is -3.53. The standard InChI is InChI=1S/C24H17ClN4OS/c25-21-12-17(9-10-19(21)20(14-26)16-6-2-1-3-7-16)28-23(30)13-18-15-31-24(29-18)22-8-4-5-11-27-22/h1-12,15,20H,13H2,(H,28,30). The number of carbonyl (C=O) groups is 1. The fraction of sp³-hybridized carbons (Fsp3) is 0.0833. The molecule has 152 valence electrons. The first kappa shape index (κ1) is 20.7. The third-order valence-corrected chi connectivity index (χ3v) is 5.88. The number of rotatable bonds is 6. The summed E-state index contributed by atoms with van der Waals surface area (Å²) in [7, 11) is 0. The Morgan fingerprint density at radius 1 is 1.13 bits per heavy atom. The molecule has 1 N–H and O–H groups in total. The number of carbonyl (C=O) groups excluding carboxylic acids is 1. The van der Waals surface area contributed by atoms with Gasteiger partial charge in [0.2, 0.25) is 5.91 Å². The Morgan fingerprint density at radius 2 is 1.94 bits per heavy atom. The van der Waals surface area contributed by atoms with Crippen LogP contribution in [0.3, 0.4) is 0 Å². The van der Waals surface area contributed by atoms with Crippen LogP contribution in [0.4, 0.5) is 5.69 Å². The summed E-state index contributed by atoms with van der Waals surface area (Å²) in [6, 6.07) is 22.6. The number of pyridine rings is 1. The highest BCUT2D eigenvalue weighted by atomic mass is 35.5. The van der Waals surface area contributed by atoms with Crippen LogP contribution in [-0.2, 0) is 11.2 Å². The number of anilines is 1. The lowest BCUT2D eigenvalue weighted by Crippen LogP contribution is -2.14. The van der Waals surface area contributed by atoms with E-state index >= 15 is 0 Å². The van der Waals surface area contributed by atoms with Crippen LogP contribution >= 0.6 is 22.9 Å². The zero-order valence-corrected chi connectivity index (χ0v) is 17.9. The van der Waals surface area contributed by atoms with Crippen LogP contribution in [-0.4, -0.2) is 15.9 Å². The number of benzene rings is 2. The molecule has 7 heteroatoms. The van der Waals surface area contributed by atoms with E-state index in [1.54, 1.807) is 24.4 Å². The molecule has 1 atom stereocenters. The van der Waals surface area contributed by atoms with Crippen molar-refractivity contribution in [3.05, 3.63) is 100 Å². The third-order valence-electron chi connectivity index (χ3n) is 4.63. The second kappa shape index (κ2) is 9.52. The minimum absolute atomic E-state index is 0.146. The summed E-state index contributed by atoms with van der Waals surface area (Å²) >= 11 is 7.90. The van der Waals surface area contributed by atoms with Gasteiger partial charge in [-0.25, -0.2) is 4.98 Å². The molecule has 5 nitrogen and oxygen atoms in total. The van der Waals surface area contributed by atoms with Gasteiger partial charge in [-0.1, -0.05) is 54.1 Å². The Bertz CT molecular complexity index is 1240. The summed E-state index contributed by atoms with van der Waals surface area (Å²) in [6.07, 6.45) is 1.86. The average Bonchev–Trinajstić information content (AvgIpc) is 3.25. The van der Waals surface area contributed by atoms with E-state index < -0.39 is 5.92 Å². The highest BCUT2D eigenvalue weighted by molar-refractivity contribution is 7.13. The van der Waals surface area contributed by atoms with Crippen molar-refractivity contribution in [3.8, 4) is 16.8 Å². The maximum absolute atomic E-state index is 12.5. The molecule has 0 saturated heterocycles. The molecule has 0 aliphatic carbocycles. The van der Waals surface area contributed by atoms with Gasteiger partial charge in [0.25, 0.3) is 0 Å². The maximum Gasteiger partial charge on any atom is 0.230 e. The molecule has 0 fully saturated rings. The van der Waals surface area contributed by atoms with E-state index in [1.807, 2.05) is 53.9 Å². The Labute approximate surface area is 189 Å². The van der Waals surface area contributed by atoms with E-state index in [9.17, 15) is 10.1 Å². The second-order valence-corrected chi connectivity index (χ2v) is 8.06. The number of halogens is 1. The quantitative estimate of drug-likeness (QED) is 0.414. The van der Waals surface area contributed by atoms with Gasteiger partial charge in [-0.05, 0) is 35.4 Å². The number of thiazole rings is 1. The first-order valence-electron chi connectivity index (χ1n) is 9.53. The summed E-state index contributed by atoms with van der Waals surface area (Å²) in [5.41, 5.74) is 3.61. The second-order valence-electron chi connectivity index (χ2n) is 6.79. The maximum atomic E-state index is 12.5. The molecule has 2 aromatic heterocycles. The summed E-state index contributed by atoms with van der Waals surface area (Å²) in [5, 5.41) is 15.5. The molecule has 1 amide bonds. The van der Waals surface area contributed by atoms with Gasteiger partial charge < -0.3 is 5.32 Å². The number of hydrogen-bond acceptors (Lipinski definition) is 5. The van der Waals surface area contributed by atoms with Gasteiger partial charge in [-0.15, -0.1) is 11.3 Å². The lowest BCUT2D eigenvalue weighted by Gasteiger charge is -2.13. The zero-order valence-electron chi connectivity index (χ0n) is 16.3. The number of nitrogens with one attached hydrogen (secondary N) is 1. The molecule has 4 aromatic rings. The molecule has 0 spiro atoms. The smallest absolute Gasteiger partial charge is 0.230 e. The molecule has 0 radical (unpaired) electrons. The van der Waals surface area contributed by atoms with Gasteiger partial charge in [0.1, 0.15) is 5.01 Å². The Morgan fingerprint density at radius 3 is 2.65 bits per heavy atom. The van der Waals surface area contributed by atoms with Crippen molar-refractivity contribution in [1.29, 1.82) is 5.26 Å². The van der Waals surface area contributed by atoms with Gasteiger partial charge in [0.15, 0.2) is 0 Å². The average molecular weight is 445 g/mol.